The van der Waals surface area contributed by atoms with Gasteiger partial charge >= 0.3 is 0 Å². The summed E-state index contributed by atoms with van der Waals surface area (Å²) in [6, 6.07) is 12.7. The summed E-state index contributed by atoms with van der Waals surface area (Å²) in [4.78, 5) is 17.9. The molecule has 3 rings (SSSR count). The van der Waals surface area contributed by atoms with Crippen LogP contribution in [0.5, 0.6) is 5.75 Å². The predicted octanol–water partition coefficient (Wildman–Crippen LogP) is 5.00. The second-order valence-corrected chi connectivity index (χ2v) is 9.17. The predicted molar refractivity (Wildman–Crippen MR) is 121 cm³/mol. The zero-order valence-electron chi connectivity index (χ0n) is 16.1. The Hall–Kier alpha value is -2.50. The molecule has 29 heavy (non-hydrogen) atoms. The molecule has 2 aromatic carbocycles. The van der Waals surface area contributed by atoms with Crippen molar-refractivity contribution in [2.75, 3.05) is 6.61 Å². The van der Waals surface area contributed by atoms with Crippen LogP contribution in [-0.2, 0) is 5.41 Å². The van der Waals surface area contributed by atoms with E-state index in [1.165, 1.54) is 4.68 Å². The summed E-state index contributed by atoms with van der Waals surface area (Å²) in [6.45, 7) is 5.85. The second kappa shape index (κ2) is 8.47. The van der Waals surface area contributed by atoms with E-state index in [2.05, 4.69) is 37.0 Å². The summed E-state index contributed by atoms with van der Waals surface area (Å²) < 4.78 is 8.40. The van der Waals surface area contributed by atoms with Gasteiger partial charge in [0, 0.05) is 19.9 Å². The number of hydrogen-bond donors (Lipinski definition) is 0. The van der Waals surface area contributed by atoms with Crippen molar-refractivity contribution in [3.05, 3.63) is 67.1 Å². The minimum atomic E-state index is -0.408. The zero-order valence-corrected chi connectivity index (χ0v) is 19.3. The van der Waals surface area contributed by atoms with Gasteiger partial charge in [0.1, 0.15) is 17.6 Å². The Balaban J connectivity index is 2.20. The number of nitrogens with zero attached hydrogens (tertiary/aromatic N) is 4. The fraction of sp³-hybridized carbons (Fsp3) is 0.238. The summed E-state index contributed by atoms with van der Waals surface area (Å²) in [5.74, 6) is 1.04. The van der Waals surface area contributed by atoms with E-state index in [4.69, 9.17) is 15.0 Å². The number of fused-ring (bicyclic) bond motifs is 1. The van der Waals surface area contributed by atoms with Crippen LogP contribution in [-0.4, -0.2) is 22.5 Å². The summed E-state index contributed by atoms with van der Waals surface area (Å²) in [7, 11) is 0. The molecule has 0 atom stereocenters. The van der Waals surface area contributed by atoms with Gasteiger partial charge in [0.25, 0.3) is 5.56 Å². The highest BCUT2D eigenvalue weighted by molar-refractivity contribution is 9.10. The molecule has 0 aliphatic rings. The molecule has 0 radical (unpaired) electrons. The molecule has 1 aromatic heterocycles. The number of hydrogen-bond acceptors (Lipinski definition) is 5. The molecule has 3 aromatic rings. The number of rotatable bonds is 4. The summed E-state index contributed by atoms with van der Waals surface area (Å²) in [5, 5.41) is 13.7. The molecule has 0 fully saturated rings. The van der Waals surface area contributed by atoms with E-state index in [1.807, 2.05) is 51.1 Å². The van der Waals surface area contributed by atoms with Gasteiger partial charge in [0.15, 0.2) is 6.61 Å². The van der Waals surface area contributed by atoms with E-state index in [1.54, 1.807) is 18.3 Å². The fourth-order valence-electron chi connectivity index (χ4n) is 2.72. The van der Waals surface area contributed by atoms with Crippen molar-refractivity contribution in [1.29, 1.82) is 5.26 Å². The first-order valence-corrected chi connectivity index (χ1v) is 10.4. The Morgan fingerprint density at radius 1 is 1.21 bits per heavy atom. The molecule has 8 heteroatoms. The molecule has 0 aliphatic carbocycles. The normalized spacial score (nSPS) is 11.7. The Labute approximate surface area is 185 Å². The van der Waals surface area contributed by atoms with Gasteiger partial charge in [-0.2, -0.15) is 15.0 Å². The highest BCUT2D eigenvalue weighted by Gasteiger charge is 2.23. The average Bonchev–Trinajstić information content (AvgIpc) is 2.66. The topological polar surface area (TPSA) is 80.3 Å². The van der Waals surface area contributed by atoms with Crippen molar-refractivity contribution in [2.24, 2.45) is 5.10 Å². The van der Waals surface area contributed by atoms with Gasteiger partial charge in [-0.3, -0.25) is 4.79 Å². The molecule has 6 nitrogen and oxygen atoms in total. The van der Waals surface area contributed by atoms with Crippen LogP contribution >= 0.6 is 31.9 Å². The van der Waals surface area contributed by atoms with Crippen LogP contribution in [0.4, 0.5) is 0 Å². The molecule has 0 saturated carbocycles. The van der Waals surface area contributed by atoms with E-state index in [9.17, 15) is 4.79 Å². The molecular formula is C21H18Br2N4O2. The number of benzene rings is 2. The van der Waals surface area contributed by atoms with Crippen LogP contribution in [0.15, 0.2) is 55.2 Å². The van der Waals surface area contributed by atoms with Crippen LogP contribution in [0, 0.1) is 11.3 Å². The molecule has 0 N–H and O–H groups in total. The van der Waals surface area contributed by atoms with Gasteiger partial charge < -0.3 is 4.74 Å². The van der Waals surface area contributed by atoms with Crippen LogP contribution in [0.1, 0.15) is 32.2 Å². The first-order valence-electron chi connectivity index (χ1n) is 8.77. The lowest BCUT2D eigenvalue weighted by atomic mass is 9.95. The Morgan fingerprint density at radius 2 is 1.90 bits per heavy atom. The van der Waals surface area contributed by atoms with Gasteiger partial charge in [-0.15, -0.1) is 0 Å². The third kappa shape index (κ3) is 4.74. The minimum Gasteiger partial charge on any atom is -0.478 e. The number of nitriles is 1. The van der Waals surface area contributed by atoms with Gasteiger partial charge in [-0.1, -0.05) is 52.6 Å². The van der Waals surface area contributed by atoms with E-state index < -0.39 is 5.41 Å². The van der Waals surface area contributed by atoms with Gasteiger partial charge in [-0.25, -0.2) is 4.98 Å². The lowest BCUT2D eigenvalue weighted by Gasteiger charge is -2.21. The Morgan fingerprint density at radius 3 is 2.59 bits per heavy atom. The highest BCUT2D eigenvalue weighted by Crippen LogP contribution is 2.24. The fourth-order valence-corrected chi connectivity index (χ4v) is 3.46. The molecule has 0 spiro atoms. The second-order valence-electron chi connectivity index (χ2n) is 7.34. The molecule has 0 saturated heterocycles. The third-order valence-electron chi connectivity index (χ3n) is 4.06. The average molecular weight is 518 g/mol. The maximum Gasteiger partial charge on any atom is 0.282 e. The lowest BCUT2D eigenvalue weighted by molar-refractivity contribution is 0.367. The van der Waals surface area contributed by atoms with Crippen molar-refractivity contribution < 1.29 is 4.74 Å². The largest absolute Gasteiger partial charge is 0.478 e. The monoisotopic (exact) mass is 516 g/mol. The van der Waals surface area contributed by atoms with Crippen molar-refractivity contribution in [1.82, 2.24) is 9.66 Å². The summed E-state index contributed by atoms with van der Waals surface area (Å²) in [5.41, 5.74) is 0.590. The zero-order chi connectivity index (χ0) is 21.2. The van der Waals surface area contributed by atoms with Crippen LogP contribution in [0.2, 0.25) is 0 Å². The minimum absolute atomic E-state index is 0.0821. The molecular weight excluding hydrogens is 500 g/mol. The van der Waals surface area contributed by atoms with Crippen molar-refractivity contribution >= 4 is 49.0 Å². The highest BCUT2D eigenvalue weighted by atomic mass is 79.9. The van der Waals surface area contributed by atoms with Crippen molar-refractivity contribution in [3.8, 4) is 11.8 Å². The van der Waals surface area contributed by atoms with Gasteiger partial charge in [-0.05, 0) is 36.4 Å². The van der Waals surface area contributed by atoms with E-state index >= 15 is 0 Å². The quantitative estimate of drug-likeness (QED) is 0.456. The molecule has 0 unspecified atom stereocenters. The SMILES string of the molecule is CC(C)(C)c1nc2ccc(Br)cc2c(=O)n1N=Cc1cc(Br)ccc1OCC#N. The number of ether oxygens (including phenoxy) is 1. The first kappa shape index (κ1) is 21.2. The molecule has 1 heterocycles. The number of halogens is 2. The van der Waals surface area contributed by atoms with Crippen LogP contribution in [0.25, 0.3) is 10.9 Å². The molecule has 0 bridgehead atoms. The van der Waals surface area contributed by atoms with Gasteiger partial charge in [0.2, 0.25) is 0 Å². The van der Waals surface area contributed by atoms with Crippen LogP contribution in [0.3, 0.4) is 0 Å². The summed E-state index contributed by atoms with van der Waals surface area (Å²) in [6.07, 6.45) is 1.54. The number of aromatic nitrogens is 2. The first-order chi connectivity index (χ1) is 13.7. The lowest BCUT2D eigenvalue weighted by Crippen LogP contribution is -2.29. The molecule has 0 amide bonds. The van der Waals surface area contributed by atoms with E-state index in [-0.39, 0.29) is 12.2 Å². The molecule has 148 valence electrons. The maximum atomic E-state index is 13.2. The third-order valence-corrected chi connectivity index (χ3v) is 5.04. The van der Waals surface area contributed by atoms with Crippen LogP contribution < -0.4 is 10.3 Å². The van der Waals surface area contributed by atoms with Crippen molar-refractivity contribution in [3.63, 3.8) is 0 Å². The Kier molecular flexibility index (Phi) is 6.20. The standard InChI is InChI=1S/C21H18Br2N4O2/c1-21(2,3)20-26-17-6-4-15(23)11-16(17)19(28)27(20)25-12-13-10-14(22)5-7-18(13)29-9-8-24/h4-7,10-12H,9H2,1-3H3. The summed E-state index contributed by atoms with van der Waals surface area (Å²) >= 11 is 6.83. The van der Waals surface area contributed by atoms with E-state index in [0.29, 0.717) is 28.0 Å². The van der Waals surface area contributed by atoms with Gasteiger partial charge in [0.05, 0.1) is 17.1 Å². The maximum absolute atomic E-state index is 13.2. The smallest absolute Gasteiger partial charge is 0.282 e. The Bertz CT molecular complexity index is 1200. The van der Waals surface area contributed by atoms with E-state index in [0.717, 1.165) is 8.95 Å². The van der Waals surface area contributed by atoms with Crippen molar-refractivity contribution in [2.45, 2.75) is 26.2 Å². The molecule has 0 aliphatic heterocycles.